The molecule has 0 bridgehead atoms. The minimum atomic E-state index is -3.36. The molecule has 0 spiro atoms. The number of aliphatic carboxylic acids is 1. The van der Waals surface area contributed by atoms with Crippen molar-refractivity contribution in [1.82, 2.24) is 9.78 Å². The van der Waals surface area contributed by atoms with Crippen molar-refractivity contribution in [2.24, 2.45) is 7.05 Å². The van der Waals surface area contributed by atoms with Crippen molar-refractivity contribution in [2.75, 3.05) is 5.75 Å². The van der Waals surface area contributed by atoms with Crippen LogP contribution in [0, 0.1) is 0 Å². The predicted molar refractivity (Wildman–Crippen MR) is 53.0 cm³/mol. The van der Waals surface area contributed by atoms with Crippen molar-refractivity contribution in [2.45, 2.75) is 12.2 Å². The Morgan fingerprint density at radius 1 is 1.60 bits per heavy atom. The van der Waals surface area contributed by atoms with Crippen LogP contribution in [0.4, 0.5) is 0 Å². The number of hydrogen-bond donors (Lipinski definition) is 1. The van der Waals surface area contributed by atoms with Gasteiger partial charge in [0.15, 0.2) is 9.84 Å². The third-order valence-corrected chi connectivity index (χ3v) is 3.48. The van der Waals surface area contributed by atoms with Gasteiger partial charge in [-0.1, -0.05) is 0 Å². The summed E-state index contributed by atoms with van der Waals surface area (Å²) < 4.78 is 24.4. The maximum absolute atomic E-state index is 11.5. The quantitative estimate of drug-likeness (QED) is 0.760. The molecule has 0 aliphatic carbocycles. The van der Waals surface area contributed by atoms with Crippen LogP contribution in [0.1, 0.15) is 12.1 Å². The summed E-state index contributed by atoms with van der Waals surface area (Å²) >= 11 is 0. The SMILES string of the molecule is Cn1nccc1CS(=O)(=O)CCC(=O)O. The number of sulfone groups is 1. The largest absolute Gasteiger partial charge is 0.481 e. The molecule has 0 fully saturated rings. The second kappa shape index (κ2) is 4.43. The molecule has 0 atom stereocenters. The van der Waals surface area contributed by atoms with Crippen LogP contribution in [0.15, 0.2) is 12.3 Å². The highest BCUT2D eigenvalue weighted by atomic mass is 32.2. The third kappa shape index (κ3) is 3.70. The summed E-state index contributed by atoms with van der Waals surface area (Å²) in [6.45, 7) is 0. The molecule has 1 aromatic heterocycles. The second-order valence-electron chi connectivity index (χ2n) is 3.18. The molecule has 1 N–H and O–H groups in total. The van der Waals surface area contributed by atoms with Crippen LogP contribution in [0.2, 0.25) is 0 Å². The second-order valence-corrected chi connectivity index (χ2v) is 5.37. The number of carbonyl (C=O) groups is 1. The lowest BCUT2D eigenvalue weighted by atomic mass is 10.5. The molecule has 0 aromatic carbocycles. The predicted octanol–water partition coefficient (Wildman–Crippen LogP) is -0.190. The maximum atomic E-state index is 11.5. The zero-order chi connectivity index (χ0) is 11.5. The normalized spacial score (nSPS) is 11.5. The van der Waals surface area contributed by atoms with Crippen molar-refractivity contribution in [3.05, 3.63) is 18.0 Å². The van der Waals surface area contributed by atoms with E-state index < -0.39 is 15.8 Å². The number of carboxylic acids is 1. The lowest BCUT2D eigenvalue weighted by Crippen LogP contribution is -2.14. The van der Waals surface area contributed by atoms with Crippen LogP contribution in [0.5, 0.6) is 0 Å². The minimum absolute atomic E-state index is 0.170. The topological polar surface area (TPSA) is 89.3 Å². The Kier molecular flexibility index (Phi) is 3.46. The van der Waals surface area contributed by atoms with E-state index in [0.717, 1.165) is 0 Å². The summed E-state index contributed by atoms with van der Waals surface area (Å²) in [5.41, 5.74) is 0.556. The average molecular weight is 232 g/mol. The number of aryl methyl sites for hydroxylation is 1. The number of nitrogens with zero attached hydrogens (tertiary/aromatic N) is 2. The first-order valence-electron chi connectivity index (χ1n) is 4.30. The van der Waals surface area contributed by atoms with Gasteiger partial charge in [0, 0.05) is 13.2 Å². The molecule has 0 radical (unpaired) electrons. The molecule has 0 unspecified atom stereocenters. The lowest BCUT2D eigenvalue weighted by molar-refractivity contribution is -0.136. The summed E-state index contributed by atoms with van der Waals surface area (Å²) in [4.78, 5) is 10.2. The van der Waals surface area contributed by atoms with E-state index in [4.69, 9.17) is 5.11 Å². The van der Waals surface area contributed by atoms with Crippen LogP contribution < -0.4 is 0 Å². The number of carboxylic acid groups (broad SMARTS) is 1. The fourth-order valence-corrected chi connectivity index (χ4v) is 2.45. The van der Waals surface area contributed by atoms with Gasteiger partial charge < -0.3 is 5.11 Å². The Labute approximate surface area is 87.4 Å². The molecule has 1 aromatic rings. The minimum Gasteiger partial charge on any atom is -0.481 e. The summed E-state index contributed by atoms with van der Waals surface area (Å²) in [5.74, 6) is -1.62. The zero-order valence-electron chi connectivity index (χ0n) is 8.25. The van der Waals surface area contributed by atoms with E-state index in [1.807, 2.05) is 0 Å². The van der Waals surface area contributed by atoms with Gasteiger partial charge in [-0.15, -0.1) is 0 Å². The van der Waals surface area contributed by atoms with Gasteiger partial charge in [-0.3, -0.25) is 9.48 Å². The third-order valence-electron chi connectivity index (χ3n) is 1.92. The molecule has 0 aliphatic heterocycles. The molecule has 1 heterocycles. The van der Waals surface area contributed by atoms with Gasteiger partial charge in [0.05, 0.1) is 23.6 Å². The van der Waals surface area contributed by atoms with E-state index in [1.54, 1.807) is 13.1 Å². The first kappa shape index (κ1) is 11.7. The number of rotatable bonds is 5. The summed E-state index contributed by atoms with van der Waals surface area (Å²) in [5, 5.41) is 12.2. The standard InChI is InChI=1S/C8H12N2O4S/c1-10-7(2-4-9-10)6-15(13,14)5-3-8(11)12/h2,4H,3,5-6H2,1H3,(H,11,12). The van der Waals surface area contributed by atoms with Crippen LogP contribution in [0.25, 0.3) is 0 Å². The Morgan fingerprint density at radius 3 is 2.73 bits per heavy atom. The van der Waals surface area contributed by atoms with Crippen LogP contribution in [-0.4, -0.2) is 35.0 Å². The summed E-state index contributed by atoms with van der Waals surface area (Å²) in [6.07, 6.45) is 1.14. The van der Waals surface area contributed by atoms with E-state index in [2.05, 4.69) is 5.10 Å². The number of hydrogen-bond acceptors (Lipinski definition) is 4. The van der Waals surface area contributed by atoms with Gasteiger partial charge in [-0.2, -0.15) is 5.10 Å². The Balaban J connectivity index is 2.65. The highest BCUT2D eigenvalue weighted by Crippen LogP contribution is 2.06. The van der Waals surface area contributed by atoms with E-state index in [1.165, 1.54) is 10.9 Å². The van der Waals surface area contributed by atoms with Crippen molar-refractivity contribution in [3.8, 4) is 0 Å². The highest BCUT2D eigenvalue weighted by molar-refractivity contribution is 7.90. The van der Waals surface area contributed by atoms with Crippen molar-refractivity contribution >= 4 is 15.8 Å². The van der Waals surface area contributed by atoms with Gasteiger partial charge in [-0.25, -0.2) is 8.42 Å². The van der Waals surface area contributed by atoms with Gasteiger partial charge in [0.25, 0.3) is 0 Å². The van der Waals surface area contributed by atoms with E-state index in [0.29, 0.717) is 5.69 Å². The van der Waals surface area contributed by atoms with E-state index in [9.17, 15) is 13.2 Å². The first-order chi connectivity index (χ1) is 6.91. The Bertz CT molecular complexity index is 449. The number of aromatic nitrogens is 2. The fourth-order valence-electron chi connectivity index (χ4n) is 1.08. The molecule has 84 valence electrons. The molecule has 7 heteroatoms. The van der Waals surface area contributed by atoms with Crippen LogP contribution in [0.3, 0.4) is 0 Å². The smallest absolute Gasteiger partial charge is 0.304 e. The summed E-state index contributed by atoms with van der Waals surface area (Å²) in [7, 11) is -1.72. The lowest BCUT2D eigenvalue weighted by Gasteiger charge is -2.02. The first-order valence-corrected chi connectivity index (χ1v) is 6.12. The highest BCUT2D eigenvalue weighted by Gasteiger charge is 2.15. The average Bonchev–Trinajstić information content (AvgIpc) is 2.48. The Morgan fingerprint density at radius 2 is 2.27 bits per heavy atom. The summed E-state index contributed by atoms with van der Waals surface area (Å²) in [6, 6.07) is 1.60. The van der Waals surface area contributed by atoms with Crippen LogP contribution in [-0.2, 0) is 27.4 Å². The maximum Gasteiger partial charge on any atom is 0.304 e. The van der Waals surface area contributed by atoms with Gasteiger partial charge in [-0.05, 0) is 6.07 Å². The fraction of sp³-hybridized carbons (Fsp3) is 0.500. The molecule has 0 amide bonds. The van der Waals surface area contributed by atoms with Crippen LogP contribution >= 0.6 is 0 Å². The van der Waals surface area contributed by atoms with Gasteiger partial charge in [0.1, 0.15) is 0 Å². The van der Waals surface area contributed by atoms with Gasteiger partial charge >= 0.3 is 5.97 Å². The molecular formula is C8H12N2O4S. The van der Waals surface area contributed by atoms with Crippen molar-refractivity contribution < 1.29 is 18.3 Å². The molecule has 0 aliphatic rings. The van der Waals surface area contributed by atoms with Crippen molar-refractivity contribution in [1.29, 1.82) is 0 Å². The zero-order valence-corrected chi connectivity index (χ0v) is 9.07. The molecule has 6 nitrogen and oxygen atoms in total. The molecule has 15 heavy (non-hydrogen) atoms. The van der Waals surface area contributed by atoms with Crippen molar-refractivity contribution in [3.63, 3.8) is 0 Å². The molecule has 0 saturated carbocycles. The molecular weight excluding hydrogens is 220 g/mol. The molecule has 0 saturated heterocycles. The monoisotopic (exact) mass is 232 g/mol. The molecule has 1 rings (SSSR count). The van der Waals surface area contributed by atoms with E-state index >= 15 is 0 Å². The Hall–Kier alpha value is -1.37. The van der Waals surface area contributed by atoms with E-state index in [-0.39, 0.29) is 17.9 Å². The van der Waals surface area contributed by atoms with Gasteiger partial charge in [0.2, 0.25) is 0 Å².